The van der Waals surface area contributed by atoms with Crippen LogP contribution in [0.2, 0.25) is 0 Å². The summed E-state index contributed by atoms with van der Waals surface area (Å²) in [5.74, 6) is -1.52. The van der Waals surface area contributed by atoms with Gasteiger partial charge in [0.05, 0.1) is 5.69 Å². The molecule has 1 heterocycles. The van der Waals surface area contributed by atoms with Gasteiger partial charge in [-0.3, -0.25) is 9.59 Å². The number of nitrogens with zero attached hydrogens (tertiary/aromatic N) is 2. The molecule has 1 amide bonds. The molecule has 1 aromatic heterocycles. The summed E-state index contributed by atoms with van der Waals surface area (Å²) in [5, 5.41) is 15.0. The molecule has 0 unspecified atom stereocenters. The third-order valence-corrected chi connectivity index (χ3v) is 2.85. The number of amides is 1. The summed E-state index contributed by atoms with van der Waals surface area (Å²) in [6, 6.07) is -0.933. The molecule has 0 fully saturated rings. The van der Waals surface area contributed by atoms with Gasteiger partial charge in [0.25, 0.3) is 5.91 Å². The zero-order chi connectivity index (χ0) is 13.2. The minimum absolute atomic E-state index is 0.299. The van der Waals surface area contributed by atoms with E-state index in [0.717, 1.165) is 11.5 Å². The molecule has 7 heteroatoms. The number of nitrogens with one attached hydrogen (secondary N) is 1. The first-order valence-corrected chi connectivity index (χ1v) is 5.87. The van der Waals surface area contributed by atoms with Crippen LogP contribution < -0.4 is 5.32 Å². The van der Waals surface area contributed by atoms with Crippen molar-refractivity contribution >= 4 is 23.4 Å². The fraction of sp³-hybridized carbons (Fsp3) is 0.600. The first-order valence-electron chi connectivity index (χ1n) is 5.10. The largest absolute Gasteiger partial charge is 0.480 e. The molecule has 0 radical (unpaired) electrons. The number of aliphatic carboxylic acids is 1. The van der Waals surface area contributed by atoms with Crippen molar-refractivity contribution in [1.29, 1.82) is 0 Å². The van der Waals surface area contributed by atoms with Gasteiger partial charge in [0.2, 0.25) is 0 Å². The van der Waals surface area contributed by atoms with E-state index in [-0.39, 0.29) is 5.41 Å². The molecule has 0 bridgehead atoms. The second-order valence-electron chi connectivity index (χ2n) is 4.73. The summed E-state index contributed by atoms with van der Waals surface area (Å²) in [6.07, 6.45) is 0. The van der Waals surface area contributed by atoms with Crippen LogP contribution in [0.15, 0.2) is 0 Å². The fourth-order valence-electron chi connectivity index (χ4n) is 1.15. The van der Waals surface area contributed by atoms with Crippen molar-refractivity contribution in [2.75, 3.05) is 0 Å². The fourth-order valence-corrected chi connectivity index (χ4v) is 1.93. The van der Waals surface area contributed by atoms with Crippen LogP contribution in [-0.2, 0) is 10.2 Å². The van der Waals surface area contributed by atoms with Crippen molar-refractivity contribution in [2.45, 2.75) is 39.2 Å². The minimum Gasteiger partial charge on any atom is -0.480 e. The van der Waals surface area contributed by atoms with Gasteiger partial charge < -0.3 is 10.4 Å². The van der Waals surface area contributed by atoms with E-state index in [1.54, 1.807) is 0 Å². The van der Waals surface area contributed by atoms with Gasteiger partial charge in [-0.25, -0.2) is 0 Å². The van der Waals surface area contributed by atoms with Crippen LogP contribution in [0.4, 0.5) is 0 Å². The molecular weight excluding hydrogens is 242 g/mol. The first kappa shape index (κ1) is 13.6. The SMILES string of the molecule is C[C@H](NC(=O)c1snnc1C(C)(C)C)C(=O)O. The highest BCUT2D eigenvalue weighted by Gasteiger charge is 2.27. The van der Waals surface area contributed by atoms with Gasteiger partial charge in [-0.15, -0.1) is 5.10 Å². The maximum Gasteiger partial charge on any atom is 0.325 e. The number of carboxylic acids is 1. The second kappa shape index (κ2) is 4.79. The number of carbonyl (C=O) groups excluding carboxylic acids is 1. The lowest BCUT2D eigenvalue weighted by molar-refractivity contribution is -0.138. The highest BCUT2D eigenvalue weighted by Crippen LogP contribution is 2.25. The summed E-state index contributed by atoms with van der Waals surface area (Å²) in [6.45, 7) is 7.16. The Morgan fingerprint density at radius 2 is 2.00 bits per heavy atom. The Morgan fingerprint density at radius 1 is 1.41 bits per heavy atom. The van der Waals surface area contributed by atoms with Gasteiger partial charge in [-0.2, -0.15) is 0 Å². The second-order valence-corrected chi connectivity index (χ2v) is 5.49. The predicted octanol–water partition coefficient (Wildman–Crippen LogP) is 1.04. The van der Waals surface area contributed by atoms with E-state index in [0.29, 0.717) is 10.6 Å². The summed E-state index contributed by atoms with van der Waals surface area (Å²) < 4.78 is 3.75. The van der Waals surface area contributed by atoms with Crippen LogP contribution in [0.5, 0.6) is 0 Å². The molecule has 17 heavy (non-hydrogen) atoms. The lowest BCUT2D eigenvalue weighted by Crippen LogP contribution is -2.38. The Bertz CT molecular complexity index is 436. The van der Waals surface area contributed by atoms with E-state index in [1.807, 2.05) is 20.8 Å². The Labute approximate surface area is 103 Å². The standard InChI is InChI=1S/C10H15N3O3S/c1-5(9(15)16)11-8(14)6-7(10(2,3)4)12-13-17-6/h5H,1-4H3,(H,11,14)(H,15,16)/t5-/m0/s1. The van der Waals surface area contributed by atoms with Crippen molar-refractivity contribution in [3.05, 3.63) is 10.6 Å². The number of carbonyl (C=O) groups is 2. The third-order valence-electron chi connectivity index (χ3n) is 2.12. The van der Waals surface area contributed by atoms with Crippen molar-refractivity contribution in [1.82, 2.24) is 14.9 Å². The maximum absolute atomic E-state index is 11.8. The first-order chi connectivity index (χ1) is 7.73. The van der Waals surface area contributed by atoms with Crippen LogP contribution in [0.3, 0.4) is 0 Å². The van der Waals surface area contributed by atoms with Crippen molar-refractivity contribution in [3.8, 4) is 0 Å². The van der Waals surface area contributed by atoms with Gasteiger partial charge in [0.15, 0.2) is 0 Å². The molecule has 0 spiro atoms. The maximum atomic E-state index is 11.8. The highest BCUT2D eigenvalue weighted by molar-refractivity contribution is 7.08. The highest BCUT2D eigenvalue weighted by atomic mass is 32.1. The van der Waals surface area contributed by atoms with E-state index in [9.17, 15) is 9.59 Å². The molecule has 0 saturated carbocycles. The Balaban J connectivity index is 2.91. The van der Waals surface area contributed by atoms with Gasteiger partial charge in [-0.1, -0.05) is 25.3 Å². The molecule has 0 saturated heterocycles. The molecule has 1 rings (SSSR count). The Morgan fingerprint density at radius 3 is 2.47 bits per heavy atom. The number of hydrogen-bond acceptors (Lipinski definition) is 5. The number of aromatic nitrogens is 2. The van der Waals surface area contributed by atoms with E-state index in [1.165, 1.54) is 6.92 Å². The monoisotopic (exact) mass is 257 g/mol. The Hall–Kier alpha value is -1.50. The smallest absolute Gasteiger partial charge is 0.325 e. The molecule has 2 N–H and O–H groups in total. The molecular formula is C10H15N3O3S. The normalized spacial score (nSPS) is 13.2. The predicted molar refractivity (Wildman–Crippen MR) is 63.2 cm³/mol. The van der Waals surface area contributed by atoms with Crippen LogP contribution in [0.25, 0.3) is 0 Å². The minimum atomic E-state index is -1.08. The van der Waals surface area contributed by atoms with Gasteiger partial charge in [-0.05, 0) is 18.5 Å². The zero-order valence-corrected chi connectivity index (χ0v) is 11.0. The van der Waals surface area contributed by atoms with E-state index >= 15 is 0 Å². The van der Waals surface area contributed by atoms with Gasteiger partial charge >= 0.3 is 5.97 Å². The average Bonchev–Trinajstić information content (AvgIpc) is 2.64. The summed E-state index contributed by atoms with van der Waals surface area (Å²) in [4.78, 5) is 22.9. The molecule has 1 atom stereocenters. The zero-order valence-electron chi connectivity index (χ0n) is 10.1. The van der Waals surface area contributed by atoms with E-state index < -0.39 is 17.9 Å². The third kappa shape index (κ3) is 3.23. The number of rotatable bonds is 3. The molecule has 0 aliphatic carbocycles. The lowest BCUT2D eigenvalue weighted by atomic mass is 9.91. The van der Waals surface area contributed by atoms with Crippen LogP contribution in [0, 0.1) is 0 Å². The Kier molecular flexibility index (Phi) is 3.82. The quantitative estimate of drug-likeness (QED) is 0.844. The summed E-state index contributed by atoms with van der Waals surface area (Å²) in [7, 11) is 0. The van der Waals surface area contributed by atoms with Crippen LogP contribution in [-0.4, -0.2) is 32.6 Å². The van der Waals surface area contributed by atoms with E-state index in [2.05, 4.69) is 14.9 Å². The van der Waals surface area contributed by atoms with E-state index in [4.69, 9.17) is 5.11 Å². The molecule has 0 aromatic carbocycles. The topological polar surface area (TPSA) is 92.2 Å². The molecule has 0 aliphatic rings. The lowest BCUT2D eigenvalue weighted by Gasteiger charge is -2.16. The molecule has 0 aliphatic heterocycles. The van der Waals surface area contributed by atoms with Crippen molar-refractivity contribution in [2.24, 2.45) is 0 Å². The molecule has 94 valence electrons. The van der Waals surface area contributed by atoms with Crippen molar-refractivity contribution < 1.29 is 14.7 Å². The number of hydrogen-bond donors (Lipinski definition) is 2. The molecule has 1 aromatic rings. The summed E-state index contributed by atoms with van der Waals surface area (Å²) in [5.41, 5.74) is 0.282. The molecule has 6 nitrogen and oxygen atoms in total. The van der Waals surface area contributed by atoms with Gasteiger partial charge in [0.1, 0.15) is 10.9 Å². The van der Waals surface area contributed by atoms with Crippen molar-refractivity contribution in [3.63, 3.8) is 0 Å². The summed E-state index contributed by atoms with van der Waals surface area (Å²) >= 11 is 0.972. The van der Waals surface area contributed by atoms with Crippen LogP contribution >= 0.6 is 11.5 Å². The van der Waals surface area contributed by atoms with Gasteiger partial charge in [0, 0.05) is 5.41 Å². The van der Waals surface area contributed by atoms with Crippen LogP contribution in [0.1, 0.15) is 43.1 Å². The average molecular weight is 257 g/mol. The number of carboxylic acid groups (broad SMARTS) is 1.